The summed E-state index contributed by atoms with van der Waals surface area (Å²) in [6, 6.07) is 9.26. The lowest BCUT2D eigenvalue weighted by molar-refractivity contribution is 0.0601. The number of anilines is 2. The number of esters is 1. The number of nitrogens with one attached hydrogen (secondary N) is 2. The Kier molecular flexibility index (Phi) is 5.65. The number of amides is 2. The van der Waals surface area contributed by atoms with E-state index in [0.29, 0.717) is 27.7 Å². The number of hydrogen-bond acceptors (Lipinski definition) is 4. The van der Waals surface area contributed by atoms with Crippen molar-refractivity contribution in [2.24, 2.45) is 0 Å². The summed E-state index contributed by atoms with van der Waals surface area (Å²) in [4.78, 5) is 23.5. The highest BCUT2D eigenvalue weighted by Gasteiger charge is 2.11. The van der Waals surface area contributed by atoms with Crippen molar-refractivity contribution in [3.63, 3.8) is 0 Å². The molecule has 2 amide bonds. The fraction of sp³-hybridized carbons (Fsp3) is 0.176. The van der Waals surface area contributed by atoms with Gasteiger partial charge in [0.1, 0.15) is 5.75 Å². The molecule has 0 aliphatic heterocycles. The number of aryl methyl sites for hydroxylation is 1. The third-order valence-electron chi connectivity index (χ3n) is 3.29. The molecule has 2 aromatic rings. The molecule has 0 unspecified atom stereocenters. The molecule has 0 saturated heterocycles. The number of carbonyl (C=O) groups is 2. The van der Waals surface area contributed by atoms with E-state index in [4.69, 9.17) is 16.3 Å². The lowest BCUT2D eigenvalue weighted by Gasteiger charge is -2.13. The predicted octanol–water partition coefficient (Wildman–Crippen LogP) is 4.09. The maximum atomic E-state index is 12.1. The zero-order valence-corrected chi connectivity index (χ0v) is 14.2. The summed E-state index contributed by atoms with van der Waals surface area (Å²) in [5.74, 6) is 0.0224. The number of hydrogen-bond donors (Lipinski definition) is 2. The van der Waals surface area contributed by atoms with E-state index in [2.05, 4.69) is 15.4 Å². The monoisotopic (exact) mass is 348 g/mol. The van der Waals surface area contributed by atoms with Gasteiger partial charge in [0.05, 0.1) is 25.5 Å². The van der Waals surface area contributed by atoms with Gasteiger partial charge in [0.25, 0.3) is 0 Å². The first-order chi connectivity index (χ1) is 11.4. The van der Waals surface area contributed by atoms with Gasteiger partial charge in [0.2, 0.25) is 0 Å². The molecule has 2 rings (SSSR count). The van der Waals surface area contributed by atoms with Gasteiger partial charge < -0.3 is 20.1 Å². The maximum Gasteiger partial charge on any atom is 0.337 e. The van der Waals surface area contributed by atoms with Crippen molar-refractivity contribution in [3.8, 4) is 5.75 Å². The Morgan fingerprint density at radius 3 is 2.29 bits per heavy atom. The van der Waals surface area contributed by atoms with Gasteiger partial charge >= 0.3 is 12.0 Å². The predicted molar refractivity (Wildman–Crippen MR) is 93.2 cm³/mol. The van der Waals surface area contributed by atoms with E-state index in [1.54, 1.807) is 36.4 Å². The highest BCUT2D eigenvalue weighted by Crippen LogP contribution is 2.31. The molecule has 7 heteroatoms. The van der Waals surface area contributed by atoms with Crippen LogP contribution in [-0.4, -0.2) is 26.2 Å². The standard InChI is InChI=1S/C17H17ClN2O4/c1-10-8-14(15(23-2)9-13(10)18)20-17(22)19-12-6-4-11(5-7-12)16(21)24-3/h4-9H,1-3H3,(H2,19,20,22). The highest BCUT2D eigenvalue weighted by molar-refractivity contribution is 6.31. The van der Waals surface area contributed by atoms with E-state index in [1.165, 1.54) is 14.2 Å². The molecular weight excluding hydrogens is 332 g/mol. The van der Waals surface area contributed by atoms with Gasteiger partial charge in [0.15, 0.2) is 0 Å². The maximum absolute atomic E-state index is 12.1. The van der Waals surface area contributed by atoms with Crippen LogP contribution in [0.3, 0.4) is 0 Å². The third kappa shape index (κ3) is 4.17. The second-order valence-electron chi connectivity index (χ2n) is 4.95. The molecule has 0 saturated carbocycles. The van der Waals surface area contributed by atoms with Crippen molar-refractivity contribution in [2.45, 2.75) is 6.92 Å². The first-order valence-corrected chi connectivity index (χ1v) is 7.43. The van der Waals surface area contributed by atoms with Gasteiger partial charge in [-0.15, -0.1) is 0 Å². The van der Waals surface area contributed by atoms with Gasteiger partial charge in [-0.1, -0.05) is 11.6 Å². The molecule has 0 aromatic heterocycles. The number of ether oxygens (including phenoxy) is 2. The summed E-state index contributed by atoms with van der Waals surface area (Å²) in [6.45, 7) is 1.83. The molecule has 0 atom stereocenters. The quantitative estimate of drug-likeness (QED) is 0.816. The number of carbonyl (C=O) groups excluding carboxylic acids is 2. The average molecular weight is 349 g/mol. The van der Waals surface area contributed by atoms with Crippen molar-refractivity contribution >= 4 is 35.0 Å². The Morgan fingerprint density at radius 2 is 1.71 bits per heavy atom. The van der Waals surface area contributed by atoms with E-state index in [0.717, 1.165) is 5.56 Å². The molecule has 0 aliphatic rings. The van der Waals surface area contributed by atoms with Crippen LogP contribution in [0.2, 0.25) is 5.02 Å². The minimum Gasteiger partial charge on any atom is -0.495 e. The molecule has 0 fully saturated rings. The normalized spacial score (nSPS) is 10.0. The Bertz CT molecular complexity index is 760. The van der Waals surface area contributed by atoms with Gasteiger partial charge in [-0.2, -0.15) is 0 Å². The molecule has 0 heterocycles. The minimum absolute atomic E-state index is 0.401. The molecule has 2 N–H and O–H groups in total. The first kappa shape index (κ1) is 17.6. The summed E-state index contributed by atoms with van der Waals surface area (Å²) < 4.78 is 9.83. The molecule has 24 heavy (non-hydrogen) atoms. The first-order valence-electron chi connectivity index (χ1n) is 7.05. The van der Waals surface area contributed by atoms with Crippen molar-refractivity contribution in [1.29, 1.82) is 0 Å². The van der Waals surface area contributed by atoms with Crippen LogP contribution in [0.25, 0.3) is 0 Å². The van der Waals surface area contributed by atoms with E-state index in [-0.39, 0.29) is 0 Å². The van der Waals surface area contributed by atoms with E-state index in [1.807, 2.05) is 6.92 Å². The second kappa shape index (κ2) is 7.70. The van der Waals surface area contributed by atoms with E-state index < -0.39 is 12.0 Å². The van der Waals surface area contributed by atoms with E-state index in [9.17, 15) is 9.59 Å². The fourth-order valence-electron chi connectivity index (χ4n) is 2.02. The number of methoxy groups -OCH3 is 2. The lowest BCUT2D eigenvalue weighted by atomic mass is 10.2. The smallest absolute Gasteiger partial charge is 0.337 e. The topological polar surface area (TPSA) is 76.7 Å². The van der Waals surface area contributed by atoms with Gasteiger partial charge in [-0.3, -0.25) is 0 Å². The van der Waals surface area contributed by atoms with Crippen LogP contribution in [-0.2, 0) is 4.74 Å². The molecule has 126 valence electrons. The molecule has 0 radical (unpaired) electrons. The van der Waals surface area contributed by atoms with Gasteiger partial charge in [-0.05, 0) is 42.8 Å². The van der Waals surface area contributed by atoms with Gasteiger partial charge in [0, 0.05) is 16.8 Å². The highest BCUT2D eigenvalue weighted by atomic mass is 35.5. The number of halogens is 1. The molecule has 0 bridgehead atoms. The van der Waals surface area contributed by atoms with Crippen LogP contribution in [0.1, 0.15) is 15.9 Å². The summed E-state index contributed by atoms with van der Waals surface area (Å²) in [7, 11) is 2.80. The van der Waals surface area contributed by atoms with Crippen LogP contribution < -0.4 is 15.4 Å². The Balaban J connectivity index is 2.08. The van der Waals surface area contributed by atoms with Crippen LogP contribution in [0.15, 0.2) is 36.4 Å². The van der Waals surface area contributed by atoms with E-state index >= 15 is 0 Å². The Morgan fingerprint density at radius 1 is 1.04 bits per heavy atom. The van der Waals surface area contributed by atoms with Crippen LogP contribution in [0.5, 0.6) is 5.75 Å². The second-order valence-corrected chi connectivity index (χ2v) is 5.36. The molecular formula is C17H17ClN2O4. The van der Waals surface area contributed by atoms with Gasteiger partial charge in [-0.25, -0.2) is 9.59 Å². The largest absolute Gasteiger partial charge is 0.495 e. The number of urea groups is 1. The Labute approximate surface area is 144 Å². The van der Waals surface area contributed by atoms with Crippen LogP contribution >= 0.6 is 11.6 Å². The summed E-state index contributed by atoms with van der Waals surface area (Å²) in [5, 5.41) is 5.92. The zero-order chi connectivity index (χ0) is 17.7. The molecule has 0 spiro atoms. The summed E-state index contributed by atoms with van der Waals surface area (Å²) in [5.41, 5.74) is 2.25. The summed E-state index contributed by atoms with van der Waals surface area (Å²) >= 11 is 6.04. The average Bonchev–Trinajstić information content (AvgIpc) is 2.57. The SMILES string of the molecule is COC(=O)c1ccc(NC(=O)Nc2cc(C)c(Cl)cc2OC)cc1. The molecule has 2 aromatic carbocycles. The van der Waals surface area contributed by atoms with Crippen molar-refractivity contribution in [3.05, 3.63) is 52.5 Å². The Hall–Kier alpha value is -2.73. The lowest BCUT2D eigenvalue weighted by Crippen LogP contribution is -2.20. The fourth-order valence-corrected chi connectivity index (χ4v) is 2.18. The van der Waals surface area contributed by atoms with Crippen LogP contribution in [0, 0.1) is 6.92 Å². The molecule has 0 aliphatic carbocycles. The van der Waals surface area contributed by atoms with Crippen LogP contribution in [0.4, 0.5) is 16.2 Å². The third-order valence-corrected chi connectivity index (χ3v) is 3.70. The number of rotatable bonds is 4. The molecule has 6 nitrogen and oxygen atoms in total. The number of benzene rings is 2. The van der Waals surface area contributed by atoms with Crippen molar-refractivity contribution < 1.29 is 19.1 Å². The van der Waals surface area contributed by atoms with Crippen molar-refractivity contribution in [1.82, 2.24) is 0 Å². The van der Waals surface area contributed by atoms with Crippen molar-refractivity contribution in [2.75, 3.05) is 24.9 Å². The zero-order valence-electron chi connectivity index (χ0n) is 13.5. The minimum atomic E-state index is -0.444. The summed E-state index contributed by atoms with van der Waals surface area (Å²) in [6.07, 6.45) is 0.